The van der Waals surface area contributed by atoms with E-state index in [2.05, 4.69) is 4.98 Å². The van der Waals surface area contributed by atoms with Crippen LogP contribution in [0.3, 0.4) is 0 Å². The van der Waals surface area contributed by atoms with Gasteiger partial charge in [0.15, 0.2) is 0 Å². The summed E-state index contributed by atoms with van der Waals surface area (Å²) in [5.41, 5.74) is 7.13. The first-order chi connectivity index (χ1) is 8.56. The molecule has 2 N–H and O–H groups in total. The summed E-state index contributed by atoms with van der Waals surface area (Å²) in [6.07, 6.45) is 1.60. The van der Waals surface area contributed by atoms with Gasteiger partial charge in [0.2, 0.25) is 0 Å². The summed E-state index contributed by atoms with van der Waals surface area (Å²) in [5, 5.41) is 0.886. The van der Waals surface area contributed by atoms with Gasteiger partial charge in [-0.3, -0.25) is 0 Å². The fourth-order valence-electron chi connectivity index (χ4n) is 1.33. The van der Waals surface area contributed by atoms with Crippen LogP contribution in [-0.2, 0) is 5.75 Å². The summed E-state index contributed by atoms with van der Waals surface area (Å²) >= 11 is 13.1. The minimum absolute atomic E-state index is 0.313. The molecule has 2 nitrogen and oxygen atoms in total. The number of nitrogens with two attached hydrogens (primary N) is 1. The Morgan fingerprint density at radius 2 is 2.06 bits per heavy atom. The first kappa shape index (κ1) is 13.5. The van der Waals surface area contributed by atoms with Crippen molar-refractivity contribution >= 4 is 40.7 Å². The van der Waals surface area contributed by atoms with Crippen molar-refractivity contribution in [2.75, 3.05) is 5.73 Å². The lowest BCUT2D eigenvalue weighted by molar-refractivity contribution is 0.624. The Balaban J connectivity index is 2.13. The van der Waals surface area contributed by atoms with Crippen molar-refractivity contribution < 1.29 is 4.39 Å². The predicted molar refractivity (Wildman–Crippen MR) is 74.6 cm³/mol. The highest BCUT2D eigenvalue weighted by molar-refractivity contribution is 7.98. The SMILES string of the molecule is Nc1ccc(F)cc1SCc1cnc(Cl)cc1Cl. The lowest BCUT2D eigenvalue weighted by Gasteiger charge is -2.07. The highest BCUT2D eigenvalue weighted by Crippen LogP contribution is 2.31. The summed E-state index contributed by atoms with van der Waals surface area (Å²) in [5.74, 6) is 0.239. The van der Waals surface area contributed by atoms with Gasteiger partial charge in [0.1, 0.15) is 11.0 Å². The molecule has 1 heterocycles. The molecule has 0 unspecified atom stereocenters. The number of benzene rings is 1. The third kappa shape index (κ3) is 3.28. The van der Waals surface area contributed by atoms with Crippen LogP contribution in [0.4, 0.5) is 10.1 Å². The molecule has 0 spiro atoms. The van der Waals surface area contributed by atoms with Crippen molar-refractivity contribution in [2.45, 2.75) is 10.6 Å². The first-order valence-electron chi connectivity index (χ1n) is 5.04. The van der Waals surface area contributed by atoms with Gasteiger partial charge in [0, 0.05) is 27.6 Å². The van der Waals surface area contributed by atoms with Crippen molar-refractivity contribution in [3.8, 4) is 0 Å². The van der Waals surface area contributed by atoms with E-state index >= 15 is 0 Å². The molecule has 0 atom stereocenters. The second-order valence-electron chi connectivity index (χ2n) is 3.57. The highest BCUT2D eigenvalue weighted by Gasteiger charge is 2.06. The maximum Gasteiger partial charge on any atom is 0.130 e. The maximum absolute atomic E-state index is 13.1. The highest BCUT2D eigenvalue weighted by atomic mass is 35.5. The Morgan fingerprint density at radius 1 is 1.28 bits per heavy atom. The normalized spacial score (nSPS) is 10.6. The Morgan fingerprint density at radius 3 is 2.78 bits per heavy atom. The van der Waals surface area contributed by atoms with Crippen molar-refractivity contribution in [2.24, 2.45) is 0 Å². The van der Waals surface area contributed by atoms with E-state index < -0.39 is 0 Å². The molecule has 0 bridgehead atoms. The standard InChI is InChI=1S/C12H9Cl2FN2S/c13-9-4-12(14)17-5-7(9)6-18-11-3-8(15)1-2-10(11)16/h1-5H,6,16H2. The van der Waals surface area contributed by atoms with Gasteiger partial charge >= 0.3 is 0 Å². The molecule has 6 heteroatoms. The molecule has 0 radical (unpaired) electrons. The molecule has 1 aromatic heterocycles. The van der Waals surface area contributed by atoms with Gasteiger partial charge in [-0.15, -0.1) is 11.8 Å². The number of hydrogen-bond donors (Lipinski definition) is 1. The van der Waals surface area contributed by atoms with E-state index in [1.807, 2.05) is 0 Å². The van der Waals surface area contributed by atoms with E-state index in [-0.39, 0.29) is 5.82 Å². The summed E-state index contributed by atoms with van der Waals surface area (Å²) in [4.78, 5) is 4.64. The van der Waals surface area contributed by atoms with Gasteiger partial charge in [-0.1, -0.05) is 23.2 Å². The van der Waals surface area contributed by atoms with E-state index in [1.54, 1.807) is 18.3 Å². The molecule has 2 rings (SSSR count). The van der Waals surface area contributed by atoms with Crippen molar-refractivity contribution in [3.63, 3.8) is 0 Å². The summed E-state index contributed by atoms with van der Waals surface area (Å²) in [6.45, 7) is 0. The summed E-state index contributed by atoms with van der Waals surface area (Å²) < 4.78 is 13.1. The van der Waals surface area contributed by atoms with Crippen LogP contribution in [0, 0.1) is 5.82 Å². The number of nitrogen functional groups attached to an aromatic ring is 1. The van der Waals surface area contributed by atoms with Crippen molar-refractivity contribution in [3.05, 3.63) is 52.0 Å². The maximum atomic E-state index is 13.1. The molecule has 0 saturated heterocycles. The molecule has 2 aromatic rings. The minimum Gasteiger partial charge on any atom is -0.398 e. The van der Waals surface area contributed by atoms with Gasteiger partial charge in [0.25, 0.3) is 0 Å². The van der Waals surface area contributed by atoms with E-state index in [4.69, 9.17) is 28.9 Å². The van der Waals surface area contributed by atoms with E-state index in [9.17, 15) is 4.39 Å². The minimum atomic E-state index is -0.313. The molecular weight excluding hydrogens is 294 g/mol. The fourth-order valence-corrected chi connectivity index (χ4v) is 2.81. The second kappa shape index (κ2) is 5.78. The number of pyridine rings is 1. The van der Waals surface area contributed by atoms with Crippen LogP contribution in [0.25, 0.3) is 0 Å². The Kier molecular flexibility index (Phi) is 4.32. The fraction of sp³-hybridized carbons (Fsp3) is 0.0833. The smallest absolute Gasteiger partial charge is 0.130 e. The number of thioether (sulfide) groups is 1. The van der Waals surface area contributed by atoms with Gasteiger partial charge in [0.05, 0.1) is 0 Å². The zero-order valence-corrected chi connectivity index (χ0v) is 11.5. The van der Waals surface area contributed by atoms with E-state index in [0.29, 0.717) is 26.5 Å². The van der Waals surface area contributed by atoms with E-state index in [1.165, 1.54) is 23.9 Å². The second-order valence-corrected chi connectivity index (χ2v) is 5.38. The van der Waals surface area contributed by atoms with Crippen LogP contribution in [0.1, 0.15) is 5.56 Å². The zero-order valence-electron chi connectivity index (χ0n) is 9.16. The number of nitrogens with zero attached hydrogens (tertiary/aromatic N) is 1. The lowest BCUT2D eigenvalue weighted by atomic mass is 10.3. The van der Waals surface area contributed by atoms with Crippen LogP contribution in [0.2, 0.25) is 10.2 Å². The van der Waals surface area contributed by atoms with Crippen molar-refractivity contribution in [1.82, 2.24) is 4.98 Å². The van der Waals surface area contributed by atoms with Crippen LogP contribution in [0.5, 0.6) is 0 Å². The number of halogens is 3. The number of rotatable bonds is 3. The molecule has 0 saturated carbocycles. The van der Waals surface area contributed by atoms with Crippen LogP contribution in [-0.4, -0.2) is 4.98 Å². The topological polar surface area (TPSA) is 38.9 Å². The number of hydrogen-bond acceptors (Lipinski definition) is 3. The first-order valence-corrected chi connectivity index (χ1v) is 6.78. The van der Waals surface area contributed by atoms with Gasteiger partial charge in [-0.05, 0) is 29.8 Å². The van der Waals surface area contributed by atoms with Gasteiger partial charge < -0.3 is 5.73 Å². The molecule has 94 valence electrons. The molecule has 1 aromatic carbocycles. The molecular formula is C12H9Cl2FN2S. The zero-order chi connectivity index (χ0) is 13.1. The Labute approximate surface area is 118 Å². The third-order valence-electron chi connectivity index (χ3n) is 2.26. The molecule has 0 aliphatic carbocycles. The molecule has 18 heavy (non-hydrogen) atoms. The van der Waals surface area contributed by atoms with Gasteiger partial charge in [-0.2, -0.15) is 0 Å². The van der Waals surface area contributed by atoms with Crippen LogP contribution < -0.4 is 5.73 Å². The average molecular weight is 303 g/mol. The average Bonchev–Trinajstić information content (AvgIpc) is 2.32. The molecule has 0 amide bonds. The monoisotopic (exact) mass is 302 g/mol. The predicted octanol–water partition coefficient (Wildman–Crippen LogP) is 4.40. The lowest BCUT2D eigenvalue weighted by Crippen LogP contribution is -1.91. The van der Waals surface area contributed by atoms with Crippen molar-refractivity contribution in [1.29, 1.82) is 0 Å². The Hall–Kier alpha value is -0.970. The largest absolute Gasteiger partial charge is 0.398 e. The summed E-state index contributed by atoms with van der Waals surface area (Å²) in [6, 6.07) is 5.85. The molecule has 0 fully saturated rings. The molecule has 0 aliphatic rings. The van der Waals surface area contributed by atoms with Gasteiger partial charge in [-0.25, -0.2) is 9.37 Å². The van der Waals surface area contributed by atoms with Crippen LogP contribution >= 0.6 is 35.0 Å². The number of aromatic nitrogens is 1. The Bertz CT molecular complexity index is 578. The molecule has 0 aliphatic heterocycles. The quantitative estimate of drug-likeness (QED) is 0.519. The third-order valence-corrected chi connectivity index (χ3v) is 3.93. The van der Waals surface area contributed by atoms with Crippen LogP contribution in [0.15, 0.2) is 35.4 Å². The van der Waals surface area contributed by atoms with E-state index in [0.717, 1.165) is 5.56 Å². The number of anilines is 1. The summed E-state index contributed by atoms with van der Waals surface area (Å²) in [7, 11) is 0.